The van der Waals surface area contributed by atoms with Crippen LogP contribution in [0.25, 0.3) is 27.5 Å². The zero-order valence-electron chi connectivity index (χ0n) is 32.7. The number of para-hydroxylation sites is 4. The van der Waals surface area contributed by atoms with Crippen molar-refractivity contribution in [1.82, 2.24) is 9.47 Å². The lowest BCUT2D eigenvalue weighted by Gasteiger charge is -2.39. The van der Waals surface area contributed by atoms with Gasteiger partial charge in [0.1, 0.15) is 0 Å². The number of hydrogen-bond acceptors (Lipinski definition) is 4. The third-order valence-corrected chi connectivity index (χ3v) is 14.5. The average Bonchev–Trinajstić information content (AvgIpc) is 3.96. The Morgan fingerprint density at radius 2 is 1.25 bits per heavy atom. The summed E-state index contributed by atoms with van der Waals surface area (Å²) in [7, 11) is 0. The van der Waals surface area contributed by atoms with Gasteiger partial charge in [0.05, 0.1) is 41.4 Å². The highest BCUT2D eigenvalue weighted by atomic mass is 15.4. The van der Waals surface area contributed by atoms with E-state index in [0.29, 0.717) is 12.1 Å². The Labute approximate surface area is 326 Å². The summed E-state index contributed by atoms with van der Waals surface area (Å²) in [6, 6.07) is 43.2. The monoisotopic (exact) mass is 723 g/mol. The minimum absolute atomic E-state index is 0.383. The second-order valence-electron chi connectivity index (χ2n) is 17.7. The van der Waals surface area contributed by atoms with E-state index in [1.807, 2.05) is 0 Å². The summed E-state index contributed by atoms with van der Waals surface area (Å²) in [6.45, 7) is 9.15. The molecule has 0 spiro atoms. The average molecular weight is 724 g/mol. The summed E-state index contributed by atoms with van der Waals surface area (Å²) in [5, 5.41) is 2.65. The van der Waals surface area contributed by atoms with Crippen molar-refractivity contribution in [3.63, 3.8) is 0 Å². The maximum atomic E-state index is 2.71. The largest absolute Gasteiger partial charge is 0.355 e. The molecule has 0 bridgehead atoms. The van der Waals surface area contributed by atoms with Crippen molar-refractivity contribution in [1.29, 1.82) is 0 Å². The zero-order chi connectivity index (χ0) is 36.8. The number of aromatic nitrogens is 1. The van der Waals surface area contributed by atoms with Crippen LogP contribution in [-0.2, 0) is 5.41 Å². The van der Waals surface area contributed by atoms with Gasteiger partial charge in [-0.25, -0.2) is 0 Å². The van der Waals surface area contributed by atoms with E-state index in [1.54, 1.807) is 0 Å². The number of fused-ring (bicyclic) bond motifs is 6. The fourth-order valence-electron chi connectivity index (χ4n) is 11.2. The van der Waals surface area contributed by atoms with Crippen molar-refractivity contribution >= 4 is 44.6 Å². The second-order valence-corrected chi connectivity index (χ2v) is 17.7. The van der Waals surface area contributed by atoms with Crippen LogP contribution in [0.2, 0.25) is 0 Å². The molecule has 278 valence electrons. The number of benzene rings is 5. The van der Waals surface area contributed by atoms with Crippen LogP contribution in [0, 0.1) is 11.8 Å². The van der Waals surface area contributed by atoms with E-state index in [0.717, 1.165) is 25.2 Å². The number of anilines is 4. The van der Waals surface area contributed by atoms with Crippen molar-refractivity contribution in [3.05, 3.63) is 138 Å². The molecule has 5 aliphatic rings. The first-order valence-electron chi connectivity index (χ1n) is 21.1. The molecule has 6 aromatic rings. The second kappa shape index (κ2) is 12.7. The molecule has 3 aliphatic heterocycles. The molecule has 5 heteroatoms. The normalized spacial score (nSPS) is 25.9. The molecule has 0 radical (unpaired) electrons. The molecule has 0 N–H and O–H groups in total. The van der Waals surface area contributed by atoms with Crippen molar-refractivity contribution in [2.45, 2.75) is 89.6 Å². The van der Waals surface area contributed by atoms with Crippen LogP contribution in [0.4, 0.5) is 22.7 Å². The lowest BCUT2D eigenvalue weighted by molar-refractivity contribution is 0.203. The predicted molar refractivity (Wildman–Crippen MR) is 230 cm³/mol. The summed E-state index contributed by atoms with van der Waals surface area (Å²) in [5.74, 6) is 1.70. The number of rotatable bonds is 5. The summed E-state index contributed by atoms with van der Waals surface area (Å²) >= 11 is 0. The molecule has 2 aliphatic carbocycles. The van der Waals surface area contributed by atoms with Gasteiger partial charge in [-0.2, -0.15) is 0 Å². The first-order valence-corrected chi connectivity index (χ1v) is 21.1. The summed E-state index contributed by atoms with van der Waals surface area (Å²) in [6.07, 6.45) is 15.2. The smallest absolute Gasteiger partial charge is 0.0955 e. The highest BCUT2D eigenvalue weighted by Crippen LogP contribution is 2.53. The molecular formula is C50H53N5. The fraction of sp³-hybridized carbons (Fsp3) is 0.360. The molecule has 55 heavy (non-hydrogen) atoms. The Balaban J connectivity index is 1.03. The van der Waals surface area contributed by atoms with Crippen LogP contribution in [0.3, 0.4) is 0 Å². The van der Waals surface area contributed by atoms with Crippen LogP contribution in [0.1, 0.15) is 88.8 Å². The molecule has 2 fully saturated rings. The van der Waals surface area contributed by atoms with Gasteiger partial charge < -0.3 is 24.2 Å². The van der Waals surface area contributed by atoms with E-state index < -0.39 is 0 Å². The quantitative estimate of drug-likeness (QED) is 0.176. The predicted octanol–water partition coefficient (Wildman–Crippen LogP) is 12.1. The first-order chi connectivity index (χ1) is 27.0. The van der Waals surface area contributed by atoms with E-state index >= 15 is 0 Å². The van der Waals surface area contributed by atoms with Gasteiger partial charge in [-0.3, -0.25) is 0 Å². The Kier molecular flexibility index (Phi) is 7.66. The molecule has 4 heterocycles. The van der Waals surface area contributed by atoms with E-state index in [4.69, 9.17) is 0 Å². The molecule has 1 atom stereocenters. The Morgan fingerprint density at radius 1 is 0.545 bits per heavy atom. The maximum Gasteiger partial charge on any atom is 0.0955 e. The van der Waals surface area contributed by atoms with Crippen LogP contribution in [-0.4, -0.2) is 34.9 Å². The van der Waals surface area contributed by atoms with Crippen LogP contribution < -0.4 is 14.7 Å². The van der Waals surface area contributed by atoms with Gasteiger partial charge in [0.15, 0.2) is 0 Å². The van der Waals surface area contributed by atoms with E-state index in [-0.39, 0.29) is 5.41 Å². The molecule has 1 aromatic heterocycles. The molecule has 0 amide bonds. The zero-order valence-corrected chi connectivity index (χ0v) is 32.7. The lowest BCUT2D eigenvalue weighted by atomic mass is 9.68. The van der Waals surface area contributed by atoms with Crippen LogP contribution >= 0.6 is 0 Å². The summed E-state index contributed by atoms with van der Waals surface area (Å²) in [4.78, 5) is 10.4. The molecule has 5 aromatic carbocycles. The van der Waals surface area contributed by atoms with Crippen LogP contribution in [0.5, 0.6) is 0 Å². The fourth-order valence-corrected chi connectivity index (χ4v) is 11.2. The van der Waals surface area contributed by atoms with E-state index in [9.17, 15) is 0 Å². The topological polar surface area (TPSA) is 17.9 Å². The standard InChI is InChI=1S/C50H53N5/c1-34-18-22-37(23-19-34)51-28-29-52(32-51)39-26-27-46-44(31-39)50(3,43-14-9-13-42-41-12-4-5-15-45(41)55(46)49(42)43)36-10-8-11-40(30-36)54-33-53(38-24-20-35(2)21-25-38)47-16-6-7-17-48(47)54/h4-17,26-31,34-35,37-38H,18-25,32-33H2,1-3H3. The summed E-state index contributed by atoms with van der Waals surface area (Å²) < 4.78 is 2.56. The molecule has 5 nitrogen and oxygen atoms in total. The van der Waals surface area contributed by atoms with Crippen LogP contribution in [0.15, 0.2) is 122 Å². The molecule has 2 saturated carbocycles. The molecule has 1 unspecified atom stereocenters. The maximum absolute atomic E-state index is 2.71. The molecule has 11 rings (SSSR count). The Hall–Kier alpha value is -5.16. The van der Waals surface area contributed by atoms with Gasteiger partial charge in [-0.15, -0.1) is 0 Å². The summed E-state index contributed by atoms with van der Waals surface area (Å²) in [5.41, 5.74) is 12.8. The van der Waals surface area contributed by atoms with Gasteiger partial charge in [0, 0.05) is 52.0 Å². The number of nitrogens with zero attached hydrogens (tertiary/aromatic N) is 5. The first kappa shape index (κ1) is 33.2. The minimum atomic E-state index is -0.383. The van der Waals surface area contributed by atoms with Crippen molar-refractivity contribution in [2.75, 3.05) is 28.0 Å². The van der Waals surface area contributed by atoms with Gasteiger partial charge in [0.2, 0.25) is 0 Å². The van der Waals surface area contributed by atoms with E-state index in [1.165, 1.54) is 118 Å². The Morgan fingerprint density at radius 3 is 2.07 bits per heavy atom. The SMILES string of the molecule is CC1CCC(N2C=CN(c3ccc4c(c3)C(C)(c3cccc(N5CN(C6CCC(C)CC6)c6ccccc65)c3)c3cccc5c6ccccc6n-4c35)C2)CC1. The van der Waals surface area contributed by atoms with Crippen molar-refractivity contribution in [3.8, 4) is 5.69 Å². The molecular weight excluding hydrogens is 671 g/mol. The minimum Gasteiger partial charge on any atom is -0.355 e. The Bertz CT molecular complexity index is 2460. The van der Waals surface area contributed by atoms with Crippen molar-refractivity contribution in [2.24, 2.45) is 11.8 Å². The number of hydrogen-bond donors (Lipinski definition) is 0. The highest BCUT2D eigenvalue weighted by molar-refractivity contribution is 6.12. The molecule has 0 saturated heterocycles. The van der Waals surface area contributed by atoms with Gasteiger partial charge >= 0.3 is 0 Å². The third kappa shape index (κ3) is 5.11. The van der Waals surface area contributed by atoms with Gasteiger partial charge in [-0.05, 0) is 135 Å². The van der Waals surface area contributed by atoms with Gasteiger partial charge in [-0.1, -0.05) is 74.5 Å². The van der Waals surface area contributed by atoms with E-state index in [2.05, 4.69) is 167 Å². The third-order valence-electron chi connectivity index (χ3n) is 14.5. The van der Waals surface area contributed by atoms with Gasteiger partial charge in [0.25, 0.3) is 0 Å². The van der Waals surface area contributed by atoms with Crippen molar-refractivity contribution < 1.29 is 0 Å². The lowest BCUT2D eigenvalue weighted by Crippen LogP contribution is -2.39. The highest BCUT2D eigenvalue weighted by Gasteiger charge is 2.42.